The van der Waals surface area contributed by atoms with Gasteiger partial charge in [0.2, 0.25) is 0 Å². The minimum atomic E-state index is -0.897. The summed E-state index contributed by atoms with van der Waals surface area (Å²) in [6.45, 7) is 0. The van der Waals surface area contributed by atoms with E-state index in [0.717, 1.165) is 0 Å². The molecule has 0 radical (unpaired) electrons. The van der Waals surface area contributed by atoms with Crippen molar-refractivity contribution in [2.75, 3.05) is 0 Å². The fourth-order valence-corrected chi connectivity index (χ4v) is 0.294. The molecule has 0 atom stereocenters. The first-order chi connectivity index (χ1) is 4.22. The van der Waals surface area contributed by atoms with Gasteiger partial charge in [-0.3, -0.25) is 0 Å². The summed E-state index contributed by atoms with van der Waals surface area (Å²) in [6, 6.07) is 0. The highest BCUT2D eigenvalue weighted by molar-refractivity contribution is 5.26. The Morgan fingerprint density at radius 1 is 1.67 bits per heavy atom. The molecule has 48 valence electrons. The van der Waals surface area contributed by atoms with Gasteiger partial charge in [0.15, 0.2) is 5.16 Å². The Bertz CT molecular complexity index is 229. The van der Waals surface area contributed by atoms with Gasteiger partial charge in [-0.25, -0.2) is 0 Å². The first-order valence-electron chi connectivity index (χ1n) is 1.87. The van der Waals surface area contributed by atoms with Crippen molar-refractivity contribution in [2.24, 2.45) is 0 Å². The summed E-state index contributed by atoms with van der Waals surface area (Å²) >= 11 is 0. The van der Waals surface area contributed by atoms with Crippen LogP contribution in [0.25, 0.3) is 0 Å². The van der Waals surface area contributed by atoms with Gasteiger partial charge in [-0.05, 0) is 4.92 Å². The van der Waals surface area contributed by atoms with Crippen molar-refractivity contribution in [3.8, 4) is 5.88 Å². The predicted molar refractivity (Wildman–Crippen MR) is 22.6 cm³/mol. The standard InChI is InChI=1S/C2HN3O4/c6-2-1(5(7)8)3-9-4-2/h(H,4,6). The highest BCUT2D eigenvalue weighted by atomic mass is 16.6. The molecular formula is C2HN3O4. The lowest BCUT2D eigenvalue weighted by Crippen LogP contribution is -1.86. The largest absolute Gasteiger partial charge is 0.485 e. The van der Waals surface area contributed by atoms with Gasteiger partial charge >= 0.3 is 11.7 Å². The summed E-state index contributed by atoms with van der Waals surface area (Å²) in [5.74, 6) is -1.57. The van der Waals surface area contributed by atoms with Crippen LogP contribution in [0.1, 0.15) is 0 Å². The van der Waals surface area contributed by atoms with E-state index in [9.17, 15) is 10.1 Å². The number of rotatable bonds is 1. The molecule has 1 heterocycles. The summed E-state index contributed by atoms with van der Waals surface area (Å²) in [5, 5.41) is 23.7. The molecule has 0 amide bonds. The second-order valence-corrected chi connectivity index (χ2v) is 1.17. The minimum Gasteiger partial charge on any atom is -0.485 e. The van der Waals surface area contributed by atoms with Gasteiger partial charge < -0.3 is 15.2 Å². The average Bonchev–Trinajstić information content (AvgIpc) is 2.13. The summed E-state index contributed by atoms with van der Waals surface area (Å²) in [5.41, 5.74) is 0. The summed E-state index contributed by atoms with van der Waals surface area (Å²) < 4.78 is 3.81. The number of aromatic nitrogens is 2. The molecule has 0 saturated heterocycles. The van der Waals surface area contributed by atoms with Crippen LogP contribution in [0.4, 0.5) is 5.82 Å². The lowest BCUT2D eigenvalue weighted by atomic mass is 10.7. The molecule has 1 N–H and O–H groups in total. The number of hydrogen-bond acceptors (Lipinski definition) is 6. The van der Waals surface area contributed by atoms with E-state index in [4.69, 9.17) is 5.11 Å². The van der Waals surface area contributed by atoms with E-state index in [1.54, 1.807) is 0 Å². The minimum absolute atomic E-state index is 0.769. The molecule has 0 fully saturated rings. The van der Waals surface area contributed by atoms with E-state index in [-0.39, 0.29) is 0 Å². The van der Waals surface area contributed by atoms with Crippen LogP contribution in [0.5, 0.6) is 5.88 Å². The fraction of sp³-hybridized carbons (Fsp3) is 0. The van der Waals surface area contributed by atoms with E-state index >= 15 is 0 Å². The van der Waals surface area contributed by atoms with Crippen LogP contribution < -0.4 is 0 Å². The van der Waals surface area contributed by atoms with E-state index in [1.165, 1.54) is 0 Å². The molecule has 0 unspecified atom stereocenters. The van der Waals surface area contributed by atoms with Crippen LogP contribution in [0.15, 0.2) is 4.63 Å². The Morgan fingerprint density at radius 2 is 2.33 bits per heavy atom. The van der Waals surface area contributed by atoms with Gasteiger partial charge in [0.25, 0.3) is 0 Å². The Hall–Kier alpha value is -1.66. The number of aromatic hydroxyl groups is 1. The molecule has 0 aliphatic rings. The maximum absolute atomic E-state index is 9.77. The van der Waals surface area contributed by atoms with Crippen molar-refractivity contribution in [1.29, 1.82) is 0 Å². The summed E-state index contributed by atoms with van der Waals surface area (Å²) in [4.78, 5) is 8.87. The molecule has 0 aliphatic carbocycles. The number of hydrogen-bond donors (Lipinski definition) is 1. The molecule has 7 nitrogen and oxygen atoms in total. The normalized spacial score (nSPS) is 9.33. The molecule has 0 aliphatic heterocycles. The topological polar surface area (TPSA) is 102 Å². The van der Waals surface area contributed by atoms with Crippen molar-refractivity contribution >= 4 is 5.82 Å². The first-order valence-corrected chi connectivity index (χ1v) is 1.87. The summed E-state index contributed by atoms with van der Waals surface area (Å²) in [6.07, 6.45) is 0. The molecule has 1 rings (SSSR count). The molecule has 0 saturated carbocycles. The third kappa shape index (κ3) is 0.784. The van der Waals surface area contributed by atoms with Crippen molar-refractivity contribution in [2.45, 2.75) is 0 Å². The van der Waals surface area contributed by atoms with Gasteiger partial charge in [0, 0.05) is 5.16 Å². The summed E-state index contributed by atoms with van der Waals surface area (Å²) in [7, 11) is 0. The zero-order valence-corrected chi connectivity index (χ0v) is 4.01. The van der Waals surface area contributed by atoms with E-state index in [2.05, 4.69) is 14.9 Å². The Balaban J connectivity index is 3.08. The van der Waals surface area contributed by atoms with Crippen molar-refractivity contribution in [1.82, 2.24) is 10.3 Å². The van der Waals surface area contributed by atoms with Gasteiger partial charge in [-0.1, -0.05) is 0 Å². The molecule has 9 heavy (non-hydrogen) atoms. The zero-order chi connectivity index (χ0) is 6.85. The second-order valence-electron chi connectivity index (χ2n) is 1.17. The molecule has 7 heteroatoms. The third-order valence-electron chi connectivity index (χ3n) is 0.628. The van der Waals surface area contributed by atoms with Crippen LogP contribution in [0.2, 0.25) is 0 Å². The highest BCUT2D eigenvalue weighted by Crippen LogP contribution is 2.17. The van der Waals surface area contributed by atoms with Gasteiger partial charge in [-0.2, -0.15) is 0 Å². The van der Waals surface area contributed by atoms with E-state index in [0.29, 0.717) is 0 Å². The molecule has 0 bridgehead atoms. The molecular weight excluding hydrogens is 130 g/mol. The third-order valence-corrected chi connectivity index (χ3v) is 0.628. The van der Waals surface area contributed by atoms with Crippen molar-refractivity contribution in [3.63, 3.8) is 0 Å². The van der Waals surface area contributed by atoms with Crippen LogP contribution >= 0.6 is 0 Å². The maximum atomic E-state index is 9.77. The predicted octanol–water partition coefficient (Wildman–Crippen LogP) is -0.317. The fourth-order valence-electron chi connectivity index (χ4n) is 0.294. The zero-order valence-electron chi connectivity index (χ0n) is 4.01. The molecule has 0 aromatic carbocycles. The van der Waals surface area contributed by atoms with Gasteiger partial charge in [0.1, 0.15) is 0 Å². The maximum Gasteiger partial charge on any atom is 0.478 e. The average molecular weight is 131 g/mol. The highest BCUT2D eigenvalue weighted by Gasteiger charge is 2.20. The monoisotopic (exact) mass is 131 g/mol. The lowest BCUT2D eigenvalue weighted by Gasteiger charge is -1.81. The van der Waals surface area contributed by atoms with Gasteiger partial charge in [0.05, 0.1) is 0 Å². The Kier molecular flexibility index (Phi) is 1.03. The quantitative estimate of drug-likeness (QED) is 0.414. The van der Waals surface area contributed by atoms with E-state index < -0.39 is 16.6 Å². The lowest BCUT2D eigenvalue weighted by molar-refractivity contribution is -0.391. The molecule has 0 spiro atoms. The molecule has 1 aromatic rings. The Labute approximate surface area is 48.0 Å². The smallest absolute Gasteiger partial charge is 0.478 e. The number of nitrogens with zero attached hydrogens (tertiary/aromatic N) is 3. The van der Waals surface area contributed by atoms with E-state index in [1.807, 2.05) is 0 Å². The second kappa shape index (κ2) is 1.69. The van der Waals surface area contributed by atoms with Crippen molar-refractivity contribution in [3.05, 3.63) is 10.1 Å². The molecule has 1 aromatic heterocycles. The Morgan fingerprint density at radius 3 is 2.56 bits per heavy atom. The van der Waals surface area contributed by atoms with Crippen LogP contribution in [-0.4, -0.2) is 20.3 Å². The first kappa shape index (κ1) is 5.48. The van der Waals surface area contributed by atoms with Crippen LogP contribution in [-0.2, 0) is 0 Å². The SMILES string of the molecule is O=[N+]([O-])c1nonc1O. The van der Waals surface area contributed by atoms with Crippen molar-refractivity contribution < 1.29 is 14.7 Å². The van der Waals surface area contributed by atoms with Crippen LogP contribution in [0, 0.1) is 10.1 Å². The van der Waals surface area contributed by atoms with Crippen LogP contribution in [0.3, 0.4) is 0 Å². The number of nitro groups is 1. The van der Waals surface area contributed by atoms with Gasteiger partial charge in [-0.15, -0.1) is 4.63 Å².